The Balaban J connectivity index is 0. The van der Waals surface area contributed by atoms with Gasteiger partial charge < -0.3 is 9.84 Å². The molecule has 0 aliphatic heterocycles. The third-order valence-electron chi connectivity index (χ3n) is 2.78. The number of carbonyl (C=O) groups is 1. The molecule has 0 radical (unpaired) electrons. The molecule has 0 heterocycles. The number of rotatable bonds is 10. The zero-order valence-electron chi connectivity index (χ0n) is 11.5. The van der Waals surface area contributed by atoms with E-state index < -0.39 is 5.97 Å². The van der Waals surface area contributed by atoms with Gasteiger partial charge in [0.1, 0.15) is 6.61 Å². The van der Waals surface area contributed by atoms with E-state index in [0.717, 1.165) is 18.8 Å². The first-order chi connectivity index (χ1) is 8.62. The van der Waals surface area contributed by atoms with E-state index in [4.69, 9.17) is 33.0 Å². The van der Waals surface area contributed by atoms with Crippen molar-refractivity contribution in [1.29, 1.82) is 0 Å². The van der Waals surface area contributed by atoms with Crippen molar-refractivity contribution in [2.24, 2.45) is 5.92 Å². The predicted octanol–water partition coefficient (Wildman–Crippen LogP) is 4.51. The van der Waals surface area contributed by atoms with Crippen molar-refractivity contribution in [3.8, 4) is 0 Å². The summed E-state index contributed by atoms with van der Waals surface area (Å²) in [6, 6.07) is 0. The zero-order valence-corrected chi connectivity index (χ0v) is 13.0. The van der Waals surface area contributed by atoms with Gasteiger partial charge in [-0.25, -0.2) is 4.79 Å². The van der Waals surface area contributed by atoms with Crippen molar-refractivity contribution in [2.75, 3.05) is 18.6 Å². The van der Waals surface area contributed by atoms with Gasteiger partial charge in [0.05, 0.1) is 5.34 Å². The average molecular weight is 301 g/mol. The Bertz CT molecular complexity index is 174. The molecule has 110 valence electrons. The highest BCUT2D eigenvalue weighted by atomic mass is 35.5. The van der Waals surface area contributed by atoms with E-state index in [0.29, 0.717) is 6.61 Å². The van der Waals surface area contributed by atoms with Crippen LogP contribution in [0.4, 0.5) is 0 Å². The van der Waals surface area contributed by atoms with Crippen molar-refractivity contribution >= 4 is 29.2 Å². The standard InChI is InChI=1S/C12H24O3.CH2Cl2/c1-3-11(4-2)8-6-5-7-9-15-10-12(13)14;2-1-3/h11H,3-10H2,1-2H3,(H,13,14);1H2. The summed E-state index contributed by atoms with van der Waals surface area (Å²) in [4.78, 5) is 10.1. The third kappa shape index (κ3) is 18.4. The number of carboxylic acids is 1. The summed E-state index contributed by atoms with van der Waals surface area (Å²) >= 11 is 9.53. The summed E-state index contributed by atoms with van der Waals surface area (Å²) in [6.07, 6.45) is 7.20. The Labute approximate surface area is 121 Å². The van der Waals surface area contributed by atoms with Crippen LogP contribution in [-0.2, 0) is 9.53 Å². The molecule has 1 N–H and O–H groups in total. The number of unbranched alkanes of at least 4 members (excludes halogenated alkanes) is 2. The number of alkyl halides is 2. The van der Waals surface area contributed by atoms with Gasteiger partial charge in [-0.15, -0.1) is 23.2 Å². The molecule has 0 spiro atoms. The number of carboxylic acid groups (broad SMARTS) is 1. The van der Waals surface area contributed by atoms with Crippen LogP contribution >= 0.6 is 23.2 Å². The molecule has 3 nitrogen and oxygen atoms in total. The molecule has 0 aromatic carbocycles. The SMILES string of the molecule is CCC(CC)CCCCCOCC(=O)O.ClCCl. The lowest BCUT2D eigenvalue weighted by molar-refractivity contribution is -0.142. The number of hydrogen-bond donors (Lipinski definition) is 1. The van der Waals surface area contributed by atoms with E-state index in [9.17, 15) is 4.79 Å². The average Bonchev–Trinajstić information content (AvgIpc) is 2.33. The fraction of sp³-hybridized carbons (Fsp3) is 0.923. The van der Waals surface area contributed by atoms with E-state index in [1.54, 1.807) is 0 Å². The van der Waals surface area contributed by atoms with Crippen molar-refractivity contribution in [2.45, 2.75) is 52.4 Å². The minimum Gasteiger partial charge on any atom is -0.480 e. The molecular formula is C13H26Cl2O3. The van der Waals surface area contributed by atoms with Gasteiger partial charge in [0, 0.05) is 6.61 Å². The molecule has 0 aliphatic rings. The predicted molar refractivity (Wildman–Crippen MR) is 77.6 cm³/mol. The van der Waals surface area contributed by atoms with Crippen molar-refractivity contribution in [1.82, 2.24) is 0 Å². The topological polar surface area (TPSA) is 46.5 Å². The largest absolute Gasteiger partial charge is 0.480 e. The summed E-state index contributed by atoms with van der Waals surface area (Å²) in [7, 11) is 0. The minimum absolute atomic E-state index is 0.160. The summed E-state index contributed by atoms with van der Waals surface area (Å²) < 4.78 is 4.96. The Hall–Kier alpha value is 0.01000. The molecule has 0 atom stereocenters. The van der Waals surface area contributed by atoms with Crippen LogP contribution < -0.4 is 0 Å². The summed E-state index contributed by atoms with van der Waals surface area (Å²) in [5.41, 5.74) is 0. The smallest absolute Gasteiger partial charge is 0.329 e. The van der Waals surface area contributed by atoms with E-state index in [2.05, 4.69) is 13.8 Å². The lowest BCUT2D eigenvalue weighted by atomic mass is 9.96. The first-order valence-electron chi connectivity index (χ1n) is 6.53. The maximum Gasteiger partial charge on any atom is 0.329 e. The fourth-order valence-corrected chi connectivity index (χ4v) is 1.67. The Morgan fingerprint density at radius 3 is 2.17 bits per heavy atom. The van der Waals surface area contributed by atoms with Crippen molar-refractivity contribution < 1.29 is 14.6 Å². The lowest BCUT2D eigenvalue weighted by Crippen LogP contribution is -2.07. The summed E-state index contributed by atoms with van der Waals surface area (Å²) in [5, 5.41) is 8.52. The van der Waals surface area contributed by atoms with Crippen LogP contribution in [0.25, 0.3) is 0 Å². The molecule has 0 aromatic rings. The molecule has 0 amide bonds. The second-order valence-corrected chi connectivity index (χ2v) is 4.89. The molecule has 18 heavy (non-hydrogen) atoms. The first kappa shape index (κ1) is 20.3. The van der Waals surface area contributed by atoms with E-state index in [1.165, 1.54) is 25.7 Å². The first-order valence-corrected chi connectivity index (χ1v) is 7.60. The van der Waals surface area contributed by atoms with Gasteiger partial charge in [-0.2, -0.15) is 0 Å². The summed E-state index contributed by atoms with van der Waals surface area (Å²) in [6.45, 7) is 4.90. The number of halogens is 2. The molecule has 0 fully saturated rings. The van der Waals surface area contributed by atoms with Crippen LogP contribution in [0.1, 0.15) is 52.4 Å². The number of ether oxygens (including phenoxy) is 1. The number of aliphatic carboxylic acids is 1. The quantitative estimate of drug-likeness (QED) is 0.477. The van der Waals surface area contributed by atoms with Crippen LogP contribution in [0, 0.1) is 5.92 Å². The van der Waals surface area contributed by atoms with Crippen LogP contribution in [0.3, 0.4) is 0 Å². The molecule has 0 saturated heterocycles. The molecule has 0 bridgehead atoms. The van der Waals surface area contributed by atoms with Crippen molar-refractivity contribution in [3.05, 3.63) is 0 Å². The van der Waals surface area contributed by atoms with E-state index in [1.807, 2.05) is 0 Å². The van der Waals surface area contributed by atoms with Crippen LogP contribution in [0.15, 0.2) is 0 Å². The van der Waals surface area contributed by atoms with E-state index >= 15 is 0 Å². The molecule has 0 saturated carbocycles. The monoisotopic (exact) mass is 300 g/mol. The Kier molecular flexibility index (Phi) is 19.2. The number of hydrogen-bond acceptors (Lipinski definition) is 2. The molecule has 0 aromatic heterocycles. The Morgan fingerprint density at radius 1 is 1.17 bits per heavy atom. The van der Waals surface area contributed by atoms with Crippen LogP contribution in [0.5, 0.6) is 0 Å². The van der Waals surface area contributed by atoms with Gasteiger partial charge in [-0.05, 0) is 12.3 Å². The van der Waals surface area contributed by atoms with Gasteiger partial charge in [-0.1, -0.05) is 46.0 Å². The van der Waals surface area contributed by atoms with Gasteiger partial charge in [0.15, 0.2) is 0 Å². The van der Waals surface area contributed by atoms with Gasteiger partial charge in [0.2, 0.25) is 0 Å². The van der Waals surface area contributed by atoms with Crippen molar-refractivity contribution in [3.63, 3.8) is 0 Å². The maximum atomic E-state index is 10.1. The lowest BCUT2D eigenvalue weighted by Gasteiger charge is -2.11. The third-order valence-corrected chi connectivity index (χ3v) is 2.78. The molecule has 0 aliphatic carbocycles. The normalized spacial score (nSPS) is 10.1. The molecule has 0 rings (SSSR count). The molecular weight excluding hydrogens is 275 g/mol. The maximum absolute atomic E-state index is 10.1. The Morgan fingerprint density at radius 2 is 1.72 bits per heavy atom. The fourth-order valence-electron chi connectivity index (χ4n) is 1.67. The summed E-state index contributed by atoms with van der Waals surface area (Å²) in [5.74, 6) is -0.0167. The van der Waals surface area contributed by atoms with Crippen LogP contribution in [0.2, 0.25) is 0 Å². The van der Waals surface area contributed by atoms with E-state index in [-0.39, 0.29) is 11.9 Å². The van der Waals surface area contributed by atoms with Crippen LogP contribution in [-0.4, -0.2) is 29.6 Å². The zero-order chi connectivity index (χ0) is 14.2. The molecule has 5 heteroatoms. The minimum atomic E-state index is -0.882. The highest BCUT2D eigenvalue weighted by Gasteiger charge is 2.02. The van der Waals surface area contributed by atoms with Gasteiger partial charge in [-0.3, -0.25) is 0 Å². The highest BCUT2D eigenvalue weighted by Crippen LogP contribution is 2.16. The second kappa shape index (κ2) is 17.0. The second-order valence-electron chi connectivity index (χ2n) is 4.08. The van der Waals surface area contributed by atoms with Gasteiger partial charge in [0.25, 0.3) is 0 Å². The highest BCUT2D eigenvalue weighted by molar-refractivity contribution is 6.40. The molecule has 0 unspecified atom stereocenters. The van der Waals surface area contributed by atoms with Gasteiger partial charge >= 0.3 is 5.97 Å².